The molecular formula is C17H20ClN3O2. The van der Waals surface area contributed by atoms with Crippen molar-refractivity contribution in [3.05, 3.63) is 52.1 Å². The van der Waals surface area contributed by atoms with E-state index in [9.17, 15) is 0 Å². The van der Waals surface area contributed by atoms with Gasteiger partial charge in [-0.2, -0.15) is 0 Å². The van der Waals surface area contributed by atoms with Gasteiger partial charge in [-0.15, -0.1) is 0 Å². The second kappa shape index (κ2) is 7.94. The maximum atomic E-state index is 8.74. The number of benzene rings is 1. The molecule has 0 spiro atoms. The van der Waals surface area contributed by atoms with Crippen LogP contribution in [0.25, 0.3) is 0 Å². The summed E-state index contributed by atoms with van der Waals surface area (Å²) in [6.45, 7) is 2.74. The normalized spacial score (nSPS) is 15.9. The Hall–Kier alpha value is -2.11. The number of nitrogens with two attached hydrogens (primary N) is 1. The molecule has 0 aliphatic heterocycles. The molecule has 122 valence electrons. The fourth-order valence-electron chi connectivity index (χ4n) is 2.31. The largest absolute Gasteiger partial charge is 0.489 e. The predicted molar refractivity (Wildman–Crippen MR) is 93.0 cm³/mol. The van der Waals surface area contributed by atoms with Crippen molar-refractivity contribution in [1.29, 1.82) is 5.41 Å². The number of ether oxygens (including phenoxy) is 1. The van der Waals surface area contributed by atoms with E-state index in [0.29, 0.717) is 23.9 Å². The van der Waals surface area contributed by atoms with Crippen molar-refractivity contribution in [3.63, 3.8) is 0 Å². The van der Waals surface area contributed by atoms with Crippen molar-refractivity contribution in [1.82, 2.24) is 0 Å². The first-order valence-electron chi connectivity index (χ1n) is 7.42. The number of hydrogen-bond donors (Lipinski definition) is 3. The topological polar surface area (TPSA) is 91.7 Å². The van der Waals surface area contributed by atoms with Gasteiger partial charge in [-0.1, -0.05) is 36.2 Å². The maximum absolute atomic E-state index is 8.74. The lowest BCUT2D eigenvalue weighted by molar-refractivity contribution is 0.320. The zero-order chi connectivity index (χ0) is 16.8. The minimum atomic E-state index is 0.149. The number of aryl methyl sites for hydroxylation is 1. The standard InChI is InChI=1S/C17H20ClN3O2/c1-2-3-12-8-17(13(9-19)7-14(12)18)23-10-11-4-5-16(21-22)15(20)6-11/h4-8,20,22H,2-3,9-10,19H2,1H3/b20-15?,21-16-. The second-order valence-corrected chi connectivity index (χ2v) is 5.65. The summed E-state index contributed by atoms with van der Waals surface area (Å²) in [6, 6.07) is 3.79. The summed E-state index contributed by atoms with van der Waals surface area (Å²) in [5.74, 6) is 0.711. The van der Waals surface area contributed by atoms with E-state index in [0.717, 1.165) is 29.5 Å². The van der Waals surface area contributed by atoms with Gasteiger partial charge in [0, 0.05) is 17.1 Å². The molecule has 0 radical (unpaired) electrons. The van der Waals surface area contributed by atoms with Crippen LogP contribution in [0.5, 0.6) is 5.75 Å². The molecule has 0 saturated carbocycles. The summed E-state index contributed by atoms with van der Waals surface area (Å²) < 4.78 is 5.87. The molecule has 2 rings (SSSR count). The highest BCUT2D eigenvalue weighted by Crippen LogP contribution is 2.28. The summed E-state index contributed by atoms with van der Waals surface area (Å²) in [7, 11) is 0. The summed E-state index contributed by atoms with van der Waals surface area (Å²) in [4.78, 5) is 0. The molecule has 0 unspecified atom stereocenters. The lowest BCUT2D eigenvalue weighted by Crippen LogP contribution is -2.14. The van der Waals surface area contributed by atoms with Crippen LogP contribution in [0.15, 0.2) is 41.1 Å². The highest BCUT2D eigenvalue weighted by molar-refractivity contribution is 6.50. The Morgan fingerprint density at radius 1 is 1.30 bits per heavy atom. The first kappa shape index (κ1) is 17.2. The summed E-state index contributed by atoms with van der Waals surface area (Å²) in [5, 5.41) is 20.2. The van der Waals surface area contributed by atoms with Crippen molar-refractivity contribution in [2.75, 3.05) is 6.61 Å². The molecule has 5 nitrogen and oxygen atoms in total. The number of halogens is 1. The summed E-state index contributed by atoms with van der Waals surface area (Å²) >= 11 is 6.26. The molecule has 6 heteroatoms. The third kappa shape index (κ3) is 4.21. The molecule has 1 aromatic carbocycles. The number of rotatable bonds is 6. The van der Waals surface area contributed by atoms with Crippen molar-refractivity contribution < 1.29 is 9.94 Å². The number of hydrogen-bond acceptors (Lipinski definition) is 5. The minimum Gasteiger partial charge on any atom is -0.489 e. The summed E-state index contributed by atoms with van der Waals surface area (Å²) in [6.07, 6.45) is 6.83. The maximum Gasteiger partial charge on any atom is 0.127 e. The van der Waals surface area contributed by atoms with E-state index in [4.69, 9.17) is 32.7 Å². The molecule has 0 amide bonds. The Morgan fingerprint density at radius 2 is 2.09 bits per heavy atom. The van der Waals surface area contributed by atoms with Gasteiger partial charge in [0.2, 0.25) is 0 Å². The Balaban J connectivity index is 2.16. The first-order valence-corrected chi connectivity index (χ1v) is 7.80. The fourth-order valence-corrected chi connectivity index (χ4v) is 2.59. The van der Waals surface area contributed by atoms with Crippen LogP contribution in [0.1, 0.15) is 24.5 Å². The van der Waals surface area contributed by atoms with Crippen LogP contribution in [-0.2, 0) is 13.0 Å². The smallest absolute Gasteiger partial charge is 0.127 e. The molecule has 4 N–H and O–H groups in total. The molecule has 0 heterocycles. The average Bonchev–Trinajstić information content (AvgIpc) is 2.55. The Labute approximate surface area is 140 Å². The van der Waals surface area contributed by atoms with Gasteiger partial charge < -0.3 is 15.7 Å². The van der Waals surface area contributed by atoms with E-state index in [1.807, 2.05) is 12.1 Å². The number of nitrogens with zero attached hydrogens (tertiary/aromatic N) is 1. The Morgan fingerprint density at radius 3 is 2.70 bits per heavy atom. The summed E-state index contributed by atoms with van der Waals surface area (Å²) in [5.41, 5.74) is 8.85. The van der Waals surface area contributed by atoms with E-state index in [1.54, 1.807) is 18.2 Å². The van der Waals surface area contributed by atoms with Crippen LogP contribution in [0.2, 0.25) is 5.02 Å². The zero-order valence-corrected chi connectivity index (χ0v) is 13.7. The van der Waals surface area contributed by atoms with E-state index in [-0.39, 0.29) is 11.4 Å². The second-order valence-electron chi connectivity index (χ2n) is 5.25. The SMILES string of the molecule is CCCc1cc(OCC2=CC(=N)/C(=N\O)C=C2)c(CN)cc1Cl. The minimum absolute atomic E-state index is 0.149. The van der Waals surface area contributed by atoms with Crippen molar-refractivity contribution in [2.24, 2.45) is 10.9 Å². The molecule has 0 saturated heterocycles. The van der Waals surface area contributed by atoms with Gasteiger partial charge in [0.25, 0.3) is 0 Å². The van der Waals surface area contributed by atoms with E-state index >= 15 is 0 Å². The number of nitrogens with one attached hydrogen (secondary N) is 1. The average molecular weight is 334 g/mol. The highest BCUT2D eigenvalue weighted by atomic mass is 35.5. The molecule has 0 aromatic heterocycles. The monoisotopic (exact) mass is 333 g/mol. The number of oxime groups is 1. The van der Waals surface area contributed by atoms with E-state index in [2.05, 4.69) is 12.1 Å². The van der Waals surface area contributed by atoms with Crippen LogP contribution in [0, 0.1) is 5.41 Å². The van der Waals surface area contributed by atoms with Crippen molar-refractivity contribution in [2.45, 2.75) is 26.3 Å². The van der Waals surface area contributed by atoms with Gasteiger partial charge in [-0.25, -0.2) is 0 Å². The van der Waals surface area contributed by atoms with Gasteiger partial charge in [0.1, 0.15) is 18.1 Å². The van der Waals surface area contributed by atoms with Crippen molar-refractivity contribution >= 4 is 23.0 Å². The van der Waals surface area contributed by atoms with Gasteiger partial charge in [-0.05, 0) is 41.8 Å². The van der Waals surface area contributed by atoms with Gasteiger partial charge >= 0.3 is 0 Å². The molecule has 1 aliphatic rings. The first-order chi connectivity index (χ1) is 11.1. The molecule has 1 aromatic rings. The van der Waals surface area contributed by atoms with Gasteiger partial charge in [-0.3, -0.25) is 5.41 Å². The highest BCUT2D eigenvalue weighted by Gasteiger charge is 2.12. The molecular weight excluding hydrogens is 314 g/mol. The van der Waals surface area contributed by atoms with Crippen LogP contribution in [-0.4, -0.2) is 23.2 Å². The molecule has 0 fully saturated rings. The van der Waals surface area contributed by atoms with E-state index < -0.39 is 0 Å². The van der Waals surface area contributed by atoms with Crippen LogP contribution in [0.4, 0.5) is 0 Å². The number of allylic oxidation sites excluding steroid dienone is 2. The van der Waals surface area contributed by atoms with Gasteiger partial charge in [0.15, 0.2) is 0 Å². The quantitative estimate of drug-likeness (QED) is 0.423. The molecule has 23 heavy (non-hydrogen) atoms. The third-order valence-corrected chi connectivity index (χ3v) is 3.88. The molecule has 0 bridgehead atoms. The molecule has 1 aliphatic carbocycles. The lowest BCUT2D eigenvalue weighted by Gasteiger charge is -2.15. The Bertz CT molecular complexity index is 693. The zero-order valence-electron chi connectivity index (χ0n) is 13.0. The third-order valence-electron chi connectivity index (χ3n) is 3.53. The van der Waals surface area contributed by atoms with Crippen LogP contribution >= 0.6 is 11.6 Å². The van der Waals surface area contributed by atoms with Gasteiger partial charge in [0.05, 0.1) is 5.71 Å². The Kier molecular flexibility index (Phi) is 5.96. The lowest BCUT2D eigenvalue weighted by atomic mass is 10.0. The predicted octanol–water partition coefficient (Wildman–Crippen LogP) is 3.48. The molecule has 0 atom stereocenters. The fraction of sp³-hybridized carbons (Fsp3) is 0.294. The van der Waals surface area contributed by atoms with Crippen LogP contribution in [0.3, 0.4) is 0 Å². The van der Waals surface area contributed by atoms with Crippen molar-refractivity contribution in [3.8, 4) is 5.75 Å². The van der Waals surface area contributed by atoms with Crippen LogP contribution < -0.4 is 10.5 Å². The van der Waals surface area contributed by atoms with E-state index in [1.165, 1.54) is 0 Å².